The zero-order chi connectivity index (χ0) is 11.3. The van der Waals surface area contributed by atoms with E-state index in [1.54, 1.807) is 0 Å². The van der Waals surface area contributed by atoms with E-state index in [2.05, 4.69) is 12.2 Å². The Bertz CT molecular complexity index is 208. The Hall–Kier alpha value is -0.610. The van der Waals surface area contributed by atoms with E-state index in [0.717, 1.165) is 25.9 Å². The maximum Gasteiger partial charge on any atom is 0.224 e. The van der Waals surface area contributed by atoms with Gasteiger partial charge >= 0.3 is 0 Å². The van der Waals surface area contributed by atoms with Crippen LogP contribution in [0.15, 0.2) is 0 Å². The molecule has 0 saturated carbocycles. The summed E-state index contributed by atoms with van der Waals surface area (Å²) in [5.41, 5.74) is 5.71. The fraction of sp³-hybridized carbons (Fsp3) is 0.909. The van der Waals surface area contributed by atoms with Crippen LogP contribution >= 0.6 is 0 Å². The Balaban J connectivity index is 2.47. The van der Waals surface area contributed by atoms with E-state index in [9.17, 15) is 4.79 Å². The van der Waals surface area contributed by atoms with Crippen LogP contribution in [0.2, 0.25) is 0 Å². The number of carbonyl (C=O) groups is 1. The Morgan fingerprint density at radius 3 is 2.93 bits per heavy atom. The molecule has 1 heterocycles. The number of carbonyl (C=O) groups excluding carboxylic acids is 1. The second kappa shape index (κ2) is 6.08. The number of nitrogens with two attached hydrogens (primary N) is 1. The highest BCUT2D eigenvalue weighted by molar-refractivity contribution is 5.76. The van der Waals surface area contributed by atoms with E-state index in [1.807, 2.05) is 11.9 Å². The summed E-state index contributed by atoms with van der Waals surface area (Å²) in [7, 11) is 1.87. The van der Waals surface area contributed by atoms with Gasteiger partial charge in [-0.1, -0.05) is 6.92 Å². The minimum absolute atomic E-state index is 0.242. The summed E-state index contributed by atoms with van der Waals surface area (Å²) >= 11 is 0. The summed E-state index contributed by atoms with van der Waals surface area (Å²) in [5, 5.41) is 3.00. The molecule has 1 aliphatic heterocycles. The van der Waals surface area contributed by atoms with Crippen LogP contribution < -0.4 is 11.1 Å². The van der Waals surface area contributed by atoms with E-state index >= 15 is 0 Å². The Morgan fingerprint density at radius 1 is 1.60 bits per heavy atom. The number of nitrogens with zero attached hydrogens (tertiary/aromatic N) is 1. The zero-order valence-corrected chi connectivity index (χ0v) is 9.83. The quantitative estimate of drug-likeness (QED) is 0.700. The predicted octanol–water partition coefficient (Wildman–Crippen LogP) is 0.182. The van der Waals surface area contributed by atoms with Gasteiger partial charge in [0.1, 0.15) is 0 Å². The molecule has 0 spiro atoms. The van der Waals surface area contributed by atoms with Gasteiger partial charge in [0.25, 0.3) is 0 Å². The van der Waals surface area contributed by atoms with Crippen molar-refractivity contribution in [2.45, 2.75) is 32.2 Å². The smallest absolute Gasteiger partial charge is 0.224 e. The number of likely N-dealkylation sites (tertiary alicyclic amines) is 1. The second-order valence-corrected chi connectivity index (χ2v) is 4.46. The first-order valence-corrected chi connectivity index (χ1v) is 5.83. The van der Waals surface area contributed by atoms with Crippen LogP contribution in [0, 0.1) is 5.92 Å². The number of piperidine rings is 1. The molecule has 4 nitrogen and oxygen atoms in total. The molecule has 15 heavy (non-hydrogen) atoms. The van der Waals surface area contributed by atoms with Crippen molar-refractivity contribution in [3.63, 3.8) is 0 Å². The largest absolute Gasteiger partial charge is 0.338 e. The summed E-state index contributed by atoms with van der Waals surface area (Å²) < 4.78 is 0. The van der Waals surface area contributed by atoms with Gasteiger partial charge in [-0.25, -0.2) is 0 Å². The number of nitrogens with one attached hydrogen (secondary N) is 1. The van der Waals surface area contributed by atoms with E-state index in [1.165, 1.54) is 0 Å². The van der Waals surface area contributed by atoms with Gasteiger partial charge in [-0.2, -0.15) is 0 Å². The van der Waals surface area contributed by atoms with Crippen molar-refractivity contribution in [3.8, 4) is 0 Å². The Labute approximate surface area is 92.2 Å². The van der Waals surface area contributed by atoms with Crippen molar-refractivity contribution >= 4 is 5.91 Å². The minimum Gasteiger partial charge on any atom is -0.338 e. The fourth-order valence-corrected chi connectivity index (χ4v) is 2.18. The average molecular weight is 213 g/mol. The second-order valence-electron chi connectivity index (χ2n) is 4.46. The molecule has 0 aromatic rings. The van der Waals surface area contributed by atoms with E-state index in [0.29, 0.717) is 18.9 Å². The van der Waals surface area contributed by atoms with Gasteiger partial charge < -0.3 is 16.0 Å². The summed E-state index contributed by atoms with van der Waals surface area (Å²) in [6.45, 7) is 4.46. The van der Waals surface area contributed by atoms with Crippen LogP contribution in [0.3, 0.4) is 0 Å². The van der Waals surface area contributed by atoms with Crippen LogP contribution in [-0.2, 0) is 4.79 Å². The zero-order valence-electron chi connectivity index (χ0n) is 9.83. The molecule has 0 aliphatic carbocycles. The van der Waals surface area contributed by atoms with Crippen molar-refractivity contribution in [2.75, 3.05) is 26.7 Å². The van der Waals surface area contributed by atoms with Crippen LogP contribution in [-0.4, -0.2) is 43.5 Å². The maximum atomic E-state index is 11.9. The summed E-state index contributed by atoms with van der Waals surface area (Å²) in [6.07, 6.45) is 2.75. The highest BCUT2D eigenvalue weighted by atomic mass is 16.2. The molecule has 1 rings (SSSR count). The first-order valence-electron chi connectivity index (χ1n) is 5.83. The van der Waals surface area contributed by atoms with Gasteiger partial charge in [-0.05, 0) is 25.8 Å². The van der Waals surface area contributed by atoms with Gasteiger partial charge in [-0.3, -0.25) is 4.79 Å². The molecule has 0 aromatic carbocycles. The Kier molecular flexibility index (Phi) is 5.05. The lowest BCUT2D eigenvalue weighted by Gasteiger charge is -2.38. The third-order valence-corrected chi connectivity index (χ3v) is 3.16. The van der Waals surface area contributed by atoms with Crippen molar-refractivity contribution in [2.24, 2.45) is 11.7 Å². The Morgan fingerprint density at radius 2 is 2.33 bits per heavy atom. The molecular formula is C11H23N3O. The lowest BCUT2D eigenvalue weighted by atomic mass is 9.92. The molecule has 0 bridgehead atoms. The number of amides is 1. The monoisotopic (exact) mass is 213 g/mol. The normalized spacial score (nSPS) is 26.7. The van der Waals surface area contributed by atoms with Gasteiger partial charge in [0, 0.05) is 32.1 Å². The molecule has 1 fully saturated rings. The van der Waals surface area contributed by atoms with E-state index in [4.69, 9.17) is 5.73 Å². The molecule has 0 radical (unpaired) electrons. The van der Waals surface area contributed by atoms with Crippen molar-refractivity contribution in [3.05, 3.63) is 0 Å². The van der Waals surface area contributed by atoms with Crippen LogP contribution in [0.1, 0.15) is 26.2 Å². The number of hydrogen-bond donors (Lipinski definition) is 2. The summed E-state index contributed by atoms with van der Waals surface area (Å²) in [6, 6.07) is 0.262. The van der Waals surface area contributed by atoms with Gasteiger partial charge in [-0.15, -0.1) is 0 Å². The first kappa shape index (κ1) is 12.5. The van der Waals surface area contributed by atoms with E-state index < -0.39 is 0 Å². The molecular weight excluding hydrogens is 190 g/mol. The topological polar surface area (TPSA) is 58.4 Å². The molecule has 1 saturated heterocycles. The molecule has 1 aliphatic rings. The lowest BCUT2D eigenvalue weighted by Crippen LogP contribution is -2.49. The van der Waals surface area contributed by atoms with Crippen LogP contribution in [0.25, 0.3) is 0 Å². The molecule has 2 unspecified atom stereocenters. The van der Waals surface area contributed by atoms with Crippen LogP contribution in [0.5, 0.6) is 0 Å². The van der Waals surface area contributed by atoms with Crippen LogP contribution in [0.4, 0.5) is 0 Å². The SMILES string of the molecule is CNCCC(=O)N1CCC(C)CC1CN. The van der Waals surface area contributed by atoms with Crippen molar-refractivity contribution in [1.29, 1.82) is 0 Å². The molecule has 88 valence electrons. The third-order valence-electron chi connectivity index (χ3n) is 3.16. The summed E-state index contributed by atoms with van der Waals surface area (Å²) in [4.78, 5) is 13.8. The first-order chi connectivity index (χ1) is 7.19. The molecule has 4 heteroatoms. The van der Waals surface area contributed by atoms with Gasteiger partial charge in [0.2, 0.25) is 5.91 Å². The predicted molar refractivity (Wildman–Crippen MR) is 61.5 cm³/mol. The molecule has 3 N–H and O–H groups in total. The van der Waals surface area contributed by atoms with Crippen molar-refractivity contribution in [1.82, 2.24) is 10.2 Å². The highest BCUT2D eigenvalue weighted by Crippen LogP contribution is 2.22. The summed E-state index contributed by atoms with van der Waals surface area (Å²) in [5.74, 6) is 0.943. The van der Waals surface area contributed by atoms with Gasteiger partial charge in [0.15, 0.2) is 0 Å². The average Bonchev–Trinajstić information content (AvgIpc) is 2.25. The van der Waals surface area contributed by atoms with Crippen molar-refractivity contribution < 1.29 is 4.79 Å². The fourth-order valence-electron chi connectivity index (χ4n) is 2.18. The van der Waals surface area contributed by atoms with E-state index in [-0.39, 0.29) is 11.9 Å². The highest BCUT2D eigenvalue weighted by Gasteiger charge is 2.28. The molecule has 1 amide bonds. The maximum absolute atomic E-state index is 11.9. The molecule has 0 aromatic heterocycles. The third kappa shape index (κ3) is 3.47. The molecule has 2 atom stereocenters. The standard InChI is InChI=1S/C11H23N3O/c1-9-4-6-14(10(7-9)8-12)11(15)3-5-13-2/h9-10,13H,3-8,12H2,1-2H3. The lowest BCUT2D eigenvalue weighted by molar-refractivity contribution is -0.135. The number of hydrogen-bond acceptors (Lipinski definition) is 3. The van der Waals surface area contributed by atoms with Gasteiger partial charge in [0.05, 0.1) is 0 Å². The number of rotatable bonds is 4. The minimum atomic E-state index is 0.242.